The van der Waals surface area contributed by atoms with Gasteiger partial charge < -0.3 is 15.5 Å². The number of unbranched alkanes of at least 4 members (excludes halogenated alkanes) is 1. The second-order valence-electron chi connectivity index (χ2n) is 6.42. The van der Waals surface area contributed by atoms with Gasteiger partial charge in [0.05, 0.1) is 5.01 Å². The molecule has 0 saturated carbocycles. The Kier molecular flexibility index (Phi) is 8.18. The van der Waals surface area contributed by atoms with E-state index in [0.717, 1.165) is 63.5 Å². The Hall–Kier alpha value is -1.63. The summed E-state index contributed by atoms with van der Waals surface area (Å²) in [5, 5.41) is 10.1. The van der Waals surface area contributed by atoms with Gasteiger partial charge in [-0.1, -0.05) is 6.92 Å². The van der Waals surface area contributed by atoms with Crippen molar-refractivity contribution in [2.24, 2.45) is 4.99 Å². The minimum absolute atomic E-state index is 0.240. The van der Waals surface area contributed by atoms with E-state index in [1.165, 1.54) is 5.01 Å². The molecular formula is C18H31N5OS. The zero-order valence-electron chi connectivity index (χ0n) is 15.7. The molecule has 1 fully saturated rings. The Bertz CT molecular complexity index is 572. The molecule has 0 bridgehead atoms. The Balaban J connectivity index is 1.71. The van der Waals surface area contributed by atoms with Crippen LogP contribution >= 0.6 is 11.3 Å². The lowest BCUT2D eigenvalue weighted by molar-refractivity contribution is -0.129. The number of amides is 1. The predicted octanol–water partition coefficient (Wildman–Crippen LogP) is 2.34. The number of aliphatic imine (C=N–C) groups is 1. The molecule has 140 valence electrons. The van der Waals surface area contributed by atoms with E-state index in [9.17, 15) is 4.79 Å². The van der Waals surface area contributed by atoms with Crippen molar-refractivity contribution in [3.05, 3.63) is 16.1 Å². The number of guanidine groups is 1. The first-order valence-electron chi connectivity index (χ1n) is 9.36. The topological polar surface area (TPSA) is 69.6 Å². The lowest BCUT2D eigenvalue weighted by Gasteiger charge is -2.18. The average molecular weight is 366 g/mol. The summed E-state index contributed by atoms with van der Waals surface area (Å²) in [7, 11) is 0. The van der Waals surface area contributed by atoms with Crippen LogP contribution in [-0.2, 0) is 11.2 Å². The quantitative estimate of drug-likeness (QED) is 0.421. The van der Waals surface area contributed by atoms with Crippen LogP contribution in [-0.4, -0.2) is 54.0 Å². The summed E-state index contributed by atoms with van der Waals surface area (Å²) in [5.41, 5.74) is 1.11. The molecule has 1 aliphatic heterocycles. The van der Waals surface area contributed by atoms with E-state index in [-0.39, 0.29) is 5.91 Å². The largest absolute Gasteiger partial charge is 0.357 e. The Morgan fingerprint density at radius 2 is 2.28 bits per heavy atom. The van der Waals surface area contributed by atoms with Gasteiger partial charge in [0.25, 0.3) is 0 Å². The van der Waals surface area contributed by atoms with Crippen LogP contribution in [0.3, 0.4) is 0 Å². The maximum absolute atomic E-state index is 11.8. The predicted molar refractivity (Wildman–Crippen MR) is 104 cm³/mol. The molecule has 1 saturated heterocycles. The Morgan fingerprint density at radius 1 is 1.44 bits per heavy atom. The molecule has 1 aromatic rings. The van der Waals surface area contributed by atoms with Crippen molar-refractivity contribution < 1.29 is 4.79 Å². The van der Waals surface area contributed by atoms with Crippen LogP contribution in [0, 0.1) is 6.92 Å². The molecule has 0 radical (unpaired) electrons. The van der Waals surface area contributed by atoms with Crippen molar-refractivity contribution >= 4 is 23.2 Å². The summed E-state index contributed by atoms with van der Waals surface area (Å²) >= 11 is 1.74. The van der Waals surface area contributed by atoms with Crippen molar-refractivity contribution in [3.8, 4) is 0 Å². The molecule has 25 heavy (non-hydrogen) atoms. The highest BCUT2D eigenvalue weighted by atomic mass is 32.1. The first kappa shape index (κ1) is 19.7. The van der Waals surface area contributed by atoms with Gasteiger partial charge in [-0.25, -0.2) is 4.98 Å². The van der Waals surface area contributed by atoms with Crippen LogP contribution in [0.5, 0.6) is 0 Å². The highest BCUT2D eigenvalue weighted by Crippen LogP contribution is 2.12. The van der Waals surface area contributed by atoms with Gasteiger partial charge >= 0.3 is 0 Å². The highest BCUT2D eigenvalue weighted by Gasteiger charge is 2.25. The lowest BCUT2D eigenvalue weighted by Crippen LogP contribution is -2.45. The molecule has 1 amide bonds. The maximum atomic E-state index is 11.8. The zero-order chi connectivity index (χ0) is 18.1. The summed E-state index contributed by atoms with van der Waals surface area (Å²) in [5.74, 6) is 1.10. The van der Waals surface area contributed by atoms with Gasteiger partial charge in [-0.05, 0) is 39.5 Å². The minimum Gasteiger partial charge on any atom is -0.357 e. The maximum Gasteiger partial charge on any atom is 0.222 e. The molecule has 1 aromatic heterocycles. The number of rotatable bonds is 8. The van der Waals surface area contributed by atoms with Crippen molar-refractivity contribution in [2.75, 3.05) is 26.2 Å². The number of aromatic nitrogens is 1. The Morgan fingerprint density at radius 3 is 2.96 bits per heavy atom. The number of nitrogens with one attached hydrogen (secondary N) is 2. The second kappa shape index (κ2) is 10.4. The summed E-state index contributed by atoms with van der Waals surface area (Å²) < 4.78 is 0. The van der Waals surface area contributed by atoms with Crippen LogP contribution < -0.4 is 10.6 Å². The smallest absolute Gasteiger partial charge is 0.222 e. The van der Waals surface area contributed by atoms with Crippen molar-refractivity contribution in [1.82, 2.24) is 20.5 Å². The number of carbonyl (C=O) groups excluding carboxylic acids is 1. The van der Waals surface area contributed by atoms with Crippen LogP contribution in [0.1, 0.15) is 50.2 Å². The van der Waals surface area contributed by atoms with Gasteiger partial charge in [0.15, 0.2) is 5.96 Å². The van der Waals surface area contributed by atoms with Crippen molar-refractivity contribution in [3.63, 3.8) is 0 Å². The molecule has 2 heterocycles. The fourth-order valence-electron chi connectivity index (χ4n) is 2.94. The average Bonchev–Trinajstić information content (AvgIpc) is 3.23. The van der Waals surface area contributed by atoms with Gasteiger partial charge in [0, 0.05) is 49.7 Å². The normalized spacial score (nSPS) is 17.8. The van der Waals surface area contributed by atoms with Crippen LogP contribution in [0.25, 0.3) is 0 Å². The molecule has 0 aliphatic carbocycles. The van der Waals surface area contributed by atoms with E-state index in [2.05, 4.69) is 32.9 Å². The number of hydrogen-bond acceptors (Lipinski definition) is 4. The van der Waals surface area contributed by atoms with Crippen molar-refractivity contribution in [2.45, 2.75) is 58.9 Å². The van der Waals surface area contributed by atoms with E-state index in [0.29, 0.717) is 12.5 Å². The van der Waals surface area contributed by atoms with E-state index >= 15 is 0 Å². The third kappa shape index (κ3) is 6.65. The molecular weight excluding hydrogens is 334 g/mol. The van der Waals surface area contributed by atoms with Crippen LogP contribution in [0.2, 0.25) is 0 Å². The molecule has 0 aromatic carbocycles. The summed E-state index contributed by atoms with van der Waals surface area (Å²) in [4.78, 5) is 22.9. The summed E-state index contributed by atoms with van der Waals surface area (Å²) in [6.45, 7) is 9.30. The molecule has 7 heteroatoms. The number of likely N-dealkylation sites (tertiary alicyclic amines) is 1. The van der Waals surface area contributed by atoms with E-state index in [1.807, 2.05) is 18.7 Å². The fraction of sp³-hybridized carbons (Fsp3) is 0.722. The standard InChI is InChI=1S/C18H31N5OS/c1-4-17(24)23-11-9-15(12-23)22-18(19-5-2)20-10-7-6-8-16-21-14(3)13-25-16/h13,15H,4-12H2,1-3H3,(H2,19,20,22). The van der Waals surface area contributed by atoms with Crippen molar-refractivity contribution in [1.29, 1.82) is 0 Å². The number of aryl methyl sites for hydroxylation is 2. The number of thiazole rings is 1. The molecule has 2 rings (SSSR count). The molecule has 0 spiro atoms. The second-order valence-corrected chi connectivity index (χ2v) is 7.37. The number of hydrogen-bond donors (Lipinski definition) is 2. The third-order valence-electron chi connectivity index (χ3n) is 4.26. The molecule has 1 aliphatic rings. The van der Waals surface area contributed by atoms with Gasteiger partial charge in [-0.2, -0.15) is 0 Å². The molecule has 6 nitrogen and oxygen atoms in total. The van der Waals surface area contributed by atoms with E-state index in [1.54, 1.807) is 11.3 Å². The first-order chi connectivity index (χ1) is 12.1. The van der Waals surface area contributed by atoms with Gasteiger partial charge in [0.2, 0.25) is 5.91 Å². The Labute approximate surface area is 155 Å². The summed E-state index contributed by atoms with van der Waals surface area (Å²) in [6, 6.07) is 0.298. The lowest BCUT2D eigenvalue weighted by atomic mass is 10.2. The van der Waals surface area contributed by atoms with Gasteiger partial charge in [-0.15, -0.1) is 11.3 Å². The zero-order valence-corrected chi connectivity index (χ0v) is 16.5. The molecule has 1 atom stereocenters. The number of carbonyl (C=O) groups is 1. The van der Waals surface area contributed by atoms with Gasteiger partial charge in [-0.3, -0.25) is 9.79 Å². The fourth-order valence-corrected chi connectivity index (χ4v) is 3.76. The number of nitrogens with zero attached hydrogens (tertiary/aromatic N) is 3. The van der Waals surface area contributed by atoms with Gasteiger partial charge in [0.1, 0.15) is 0 Å². The minimum atomic E-state index is 0.240. The molecule has 2 N–H and O–H groups in total. The highest BCUT2D eigenvalue weighted by molar-refractivity contribution is 7.09. The van der Waals surface area contributed by atoms with Crippen LogP contribution in [0.4, 0.5) is 0 Å². The third-order valence-corrected chi connectivity index (χ3v) is 5.29. The molecule has 1 unspecified atom stereocenters. The SMILES string of the molecule is CCNC(=NCCCCc1nc(C)cs1)NC1CCN(C(=O)CC)C1. The monoisotopic (exact) mass is 365 g/mol. The van der Waals surface area contributed by atoms with E-state index in [4.69, 9.17) is 0 Å². The summed E-state index contributed by atoms with van der Waals surface area (Å²) in [6.07, 6.45) is 4.77. The van der Waals surface area contributed by atoms with E-state index < -0.39 is 0 Å². The first-order valence-corrected chi connectivity index (χ1v) is 10.2. The van der Waals surface area contributed by atoms with Crippen LogP contribution in [0.15, 0.2) is 10.4 Å².